The van der Waals surface area contributed by atoms with Crippen molar-refractivity contribution in [2.24, 2.45) is 17.8 Å². The minimum atomic E-state index is -1.39. The molecule has 5 rings (SSSR count). The highest BCUT2D eigenvalue weighted by Crippen LogP contribution is 2.54. The van der Waals surface area contributed by atoms with Crippen molar-refractivity contribution in [1.29, 1.82) is 0 Å². The van der Waals surface area contributed by atoms with Crippen molar-refractivity contribution in [2.45, 2.75) is 63.3 Å². The third-order valence-electron chi connectivity index (χ3n) is 8.53. The summed E-state index contributed by atoms with van der Waals surface area (Å²) < 4.78 is 12.3. The number of hydrogen-bond acceptors (Lipinski definition) is 6. The van der Waals surface area contributed by atoms with Gasteiger partial charge in [-0.05, 0) is 37.3 Å². The monoisotopic (exact) mass is 542 g/mol. The number of esters is 1. The molecular formula is C29H35ClN2O6. The summed E-state index contributed by atoms with van der Waals surface area (Å²) in [5, 5.41) is 10.9. The molecule has 38 heavy (non-hydrogen) atoms. The summed E-state index contributed by atoms with van der Waals surface area (Å²) in [4.78, 5) is 45.3. The quantitative estimate of drug-likeness (QED) is 0.452. The van der Waals surface area contributed by atoms with Gasteiger partial charge >= 0.3 is 5.97 Å². The number of anilines is 1. The molecule has 0 aliphatic carbocycles. The molecule has 0 radical (unpaired) electrons. The number of halogens is 1. The average molecular weight is 543 g/mol. The zero-order valence-electron chi connectivity index (χ0n) is 21.8. The molecule has 2 fully saturated rings. The maximum atomic E-state index is 14.5. The summed E-state index contributed by atoms with van der Waals surface area (Å²) in [6.07, 6.45) is 9.83. The number of rotatable bonds is 5. The number of benzene rings is 1. The van der Waals surface area contributed by atoms with Crippen LogP contribution in [0.2, 0.25) is 5.02 Å². The number of ether oxygens (including phenoxy) is 2. The van der Waals surface area contributed by atoms with Crippen LogP contribution in [0.4, 0.5) is 5.69 Å². The summed E-state index contributed by atoms with van der Waals surface area (Å²) in [7, 11) is 0. The van der Waals surface area contributed by atoms with Crippen LogP contribution >= 0.6 is 11.6 Å². The molecule has 9 heteroatoms. The minimum Gasteiger partial charge on any atom is -0.465 e. The molecule has 1 aromatic rings. The van der Waals surface area contributed by atoms with E-state index in [2.05, 4.69) is 0 Å². The van der Waals surface area contributed by atoms with E-state index >= 15 is 0 Å². The second-order valence-corrected chi connectivity index (χ2v) is 11.0. The predicted molar refractivity (Wildman–Crippen MR) is 142 cm³/mol. The van der Waals surface area contributed by atoms with E-state index < -0.39 is 41.6 Å². The van der Waals surface area contributed by atoms with E-state index in [0.29, 0.717) is 17.1 Å². The fourth-order valence-corrected chi connectivity index (χ4v) is 6.65. The molecule has 4 heterocycles. The predicted octanol–water partition coefficient (Wildman–Crippen LogP) is 3.51. The van der Waals surface area contributed by atoms with E-state index in [0.717, 1.165) is 19.3 Å². The Hall–Kier alpha value is -2.68. The number of para-hydroxylation sites is 1. The number of hydrogen-bond donors (Lipinski definition) is 1. The number of aliphatic hydroxyl groups excluding tert-OH is 1. The first kappa shape index (κ1) is 26.9. The maximum Gasteiger partial charge on any atom is 0.312 e. The largest absolute Gasteiger partial charge is 0.465 e. The summed E-state index contributed by atoms with van der Waals surface area (Å²) in [5.74, 6) is -3.18. The van der Waals surface area contributed by atoms with Crippen molar-refractivity contribution in [1.82, 2.24) is 4.90 Å². The van der Waals surface area contributed by atoms with E-state index in [9.17, 15) is 19.5 Å². The maximum absolute atomic E-state index is 14.5. The van der Waals surface area contributed by atoms with Gasteiger partial charge < -0.3 is 24.4 Å². The van der Waals surface area contributed by atoms with Crippen LogP contribution in [-0.2, 0) is 23.9 Å². The van der Waals surface area contributed by atoms with Gasteiger partial charge in [0.1, 0.15) is 17.6 Å². The molecule has 0 bridgehead atoms. The molecule has 204 valence electrons. The lowest BCUT2D eigenvalue weighted by atomic mass is 9.78. The first-order chi connectivity index (χ1) is 18.4. The fraction of sp³-hybridized carbons (Fsp3) is 0.552. The van der Waals surface area contributed by atoms with Gasteiger partial charge in [-0.3, -0.25) is 14.4 Å². The van der Waals surface area contributed by atoms with Crippen molar-refractivity contribution in [3.05, 3.63) is 53.6 Å². The van der Waals surface area contributed by atoms with E-state index in [1.54, 1.807) is 35.2 Å². The summed E-state index contributed by atoms with van der Waals surface area (Å²) >= 11 is 6.50. The molecule has 1 aromatic carbocycles. The highest BCUT2D eigenvalue weighted by molar-refractivity contribution is 6.34. The summed E-state index contributed by atoms with van der Waals surface area (Å²) in [6.45, 7) is 4.11. The van der Waals surface area contributed by atoms with E-state index in [4.69, 9.17) is 21.1 Å². The first-order valence-electron chi connectivity index (χ1n) is 13.5. The van der Waals surface area contributed by atoms with E-state index in [1.807, 2.05) is 32.1 Å². The molecule has 2 saturated heterocycles. The Morgan fingerprint density at radius 3 is 2.68 bits per heavy atom. The SMILES string of the molecule is CC[C@H](C)[C@H](CO)N1C(=O)[C@@H]2[C@@H]3C(=O)OCCCC/C=C\[C@@H]3O[C@@]23C=CCN(c2ccccc2Cl)C(=O)C13. The number of carbonyl (C=O) groups is 3. The number of nitrogens with zero attached hydrogens (tertiary/aromatic N) is 2. The molecule has 0 saturated carbocycles. The molecular weight excluding hydrogens is 508 g/mol. The molecule has 7 atom stereocenters. The Kier molecular flexibility index (Phi) is 7.67. The lowest BCUT2D eigenvalue weighted by molar-refractivity contribution is -0.155. The molecule has 4 aliphatic heterocycles. The zero-order chi connectivity index (χ0) is 27.0. The number of likely N-dealkylation sites (tertiary alicyclic amines) is 1. The topological polar surface area (TPSA) is 96.4 Å². The van der Waals surface area contributed by atoms with Crippen LogP contribution in [0.3, 0.4) is 0 Å². The van der Waals surface area contributed by atoms with Gasteiger partial charge in [0.25, 0.3) is 5.91 Å². The van der Waals surface area contributed by atoms with Crippen LogP contribution in [0.25, 0.3) is 0 Å². The van der Waals surface area contributed by atoms with Gasteiger partial charge in [0.15, 0.2) is 0 Å². The van der Waals surface area contributed by atoms with Gasteiger partial charge in [0.05, 0.1) is 42.0 Å². The van der Waals surface area contributed by atoms with Crippen molar-refractivity contribution in [3.8, 4) is 0 Å². The van der Waals surface area contributed by atoms with Crippen LogP contribution in [0, 0.1) is 17.8 Å². The Morgan fingerprint density at radius 1 is 1.16 bits per heavy atom. The lowest BCUT2D eigenvalue weighted by Crippen LogP contribution is -2.59. The molecule has 8 nitrogen and oxygen atoms in total. The van der Waals surface area contributed by atoms with Crippen LogP contribution in [0.15, 0.2) is 48.6 Å². The number of allylic oxidation sites excluding steroid dienone is 1. The standard InChI is InChI=1S/C29H35ClN2O6/c1-3-18(2)21(17-33)32-25-27(35)31(20-12-8-7-11-19(20)30)15-10-14-29(25)24(26(32)34)23-22(38-29)13-6-4-5-9-16-37-28(23)36/h6-8,10-14,18,21-25,33H,3-5,9,15-17H2,1-2H3/b13-6-/t18-,21-,22-,23+,24-,25?,29-/m0/s1. The third-order valence-corrected chi connectivity index (χ3v) is 8.85. The zero-order valence-corrected chi connectivity index (χ0v) is 22.5. The molecule has 4 aliphatic rings. The lowest BCUT2D eigenvalue weighted by Gasteiger charge is -2.40. The smallest absolute Gasteiger partial charge is 0.312 e. The Labute approximate surface area is 228 Å². The van der Waals surface area contributed by atoms with Crippen molar-refractivity contribution in [3.63, 3.8) is 0 Å². The third kappa shape index (κ3) is 4.27. The molecule has 2 amide bonds. The van der Waals surface area contributed by atoms with Crippen molar-refractivity contribution in [2.75, 3.05) is 24.7 Å². The Morgan fingerprint density at radius 2 is 1.95 bits per heavy atom. The van der Waals surface area contributed by atoms with E-state index in [-0.39, 0.29) is 37.5 Å². The fourth-order valence-electron chi connectivity index (χ4n) is 6.41. The first-order valence-corrected chi connectivity index (χ1v) is 13.9. The Balaban J connectivity index is 1.66. The minimum absolute atomic E-state index is 0.0969. The number of carbonyl (C=O) groups excluding carboxylic acids is 3. The number of cyclic esters (lactones) is 1. The van der Waals surface area contributed by atoms with Crippen LogP contribution in [0.1, 0.15) is 39.5 Å². The normalized spacial score (nSPS) is 33.6. The number of fused-ring (bicyclic) bond motifs is 2. The highest BCUT2D eigenvalue weighted by atomic mass is 35.5. The average Bonchev–Trinajstić information content (AvgIpc) is 3.30. The molecule has 1 unspecified atom stereocenters. The van der Waals surface area contributed by atoms with Gasteiger partial charge in [-0.2, -0.15) is 0 Å². The van der Waals surface area contributed by atoms with Crippen molar-refractivity contribution >= 4 is 35.1 Å². The second kappa shape index (κ2) is 10.8. The number of amides is 2. The second-order valence-electron chi connectivity index (χ2n) is 10.6. The van der Waals surface area contributed by atoms with Crippen LogP contribution < -0.4 is 4.90 Å². The Bertz CT molecular complexity index is 1150. The van der Waals surface area contributed by atoms with Crippen molar-refractivity contribution < 1.29 is 29.0 Å². The van der Waals surface area contributed by atoms with Gasteiger partial charge in [-0.1, -0.05) is 68.3 Å². The van der Waals surface area contributed by atoms with Crippen LogP contribution in [0.5, 0.6) is 0 Å². The summed E-state index contributed by atoms with van der Waals surface area (Å²) in [5.41, 5.74) is -0.866. The molecule has 1 N–H and O–H groups in total. The van der Waals surface area contributed by atoms with E-state index in [1.165, 1.54) is 4.90 Å². The van der Waals surface area contributed by atoms with Gasteiger partial charge in [-0.25, -0.2) is 0 Å². The number of aliphatic hydroxyl groups is 1. The van der Waals surface area contributed by atoms with Gasteiger partial charge in [0.2, 0.25) is 5.91 Å². The van der Waals surface area contributed by atoms with Crippen LogP contribution in [-0.4, -0.2) is 71.3 Å². The molecule has 0 aromatic heterocycles. The molecule has 1 spiro atoms. The van der Waals surface area contributed by atoms with Gasteiger partial charge in [-0.15, -0.1) is 0 Å². The summed E-state index contributed by atoms with van der Waals surface area (Å²) in [6, 6.07) is 5.36. The highest BCUT2D eigenvalue weighted by Gasteiger charge is 2.72. The van der Waals surface area contributed by atoms with Gasteiger partial charge in [0, 0.05) is 6.54 Å².